The summed E-state index contributed by atoms with van der Waals surface area (Å²) in [5.41, 5.74) is 0. The Morgan fingerprint density at radius 2 is 1.94 bits per heavy atom. The van der Waals surface area contributed by atoms with Gasteiger partial charge in [0, 0.05) is 33.8 Å². The Morgan fingerprint density at radius 1 is 1.31 bits per heavy atom. The summed E-state index contributed by atoms with van der Waals surface area (Å²) in [6, 6.07) is 0. The molecule has 0 radical (unpaired) electrons. The zero-order valence-electron chi connectivity index (χ0n) is 10.0. The number of hydrogen-bond acceptors (Lipinski definition) is 4. The maximum absolute atomic E-state index is 11.5. The van der Waals surface area contributed by atoms with E-state index in [0.717, 1.165) is 6.54 Å². The van der Waals surface area contributed by atoms with Gasteiger partial charge in [-0.15, -0.1) is 12.4 Å². The fourth-order valence-corrected chi connectivity index (χ4v) is 1.79. The third-order valence-corrected chi connectivity index (χ3v) is 3.43. The van der Waals surface area contributed by atoms with Gasteiger partial charge in [0.15, 0.2) is 0 Å². The third-order valence-electron chi connectivity index (χ3n) is 1.86. The second-order valence-corrected chi connectivity index (χ2v) is 4.93. The largest absolute Gasteiger partial charge is 0.383 e. The smallest absolute Gasteiger partial charge is 0.279 e. The molecule has 0 heterocycles. The van der Waals surface area contributed by atoms with Crippen LogP contribution in [0.4, 0.5) is 0 Å². The van der Waals surface area contributed by atoms with Crippen molar-refractivity contribution < 1.29 is 13.2 Å². The highest BCUT2D eigenvalue weighted by Gasteiger charge is 2.15. The molecule has 0 spiro atoms. The summed E-state index contributed by atoms with van der Waals surface area (Å²) in [6.45, 7) is 4.58. The Labute approximate surface area is 104 Å². The van der Waals surface area contributed by atoms with E-state index in [1.165, 1.54) is 11.4 Å². The number of halogens is 1. The van der Waals surface area contributed by atoms with Crippen molar-refractivity contribution in [3.8, 4) is 0 Å². The molecule has 0 amide bonds. The molecule has 0 aliphatic rings. The first-order valence-electron chi connectivity index (χ1n) is 4.95. The molecule has 0 aliphatic heterocycles. The fourth-order valence-electron chi connectivity index (χ4n) is 0.895. The van der Waals surface area contributed by atoms with Crippen LogP contribution in [0, 0.1) is 0 Å². The molecule has 0 bridgehead atoms. The van der Waals surface area contributed by atoms with E-state index in [1.807, 2.05) is 6.92 Å². The molecule has 0 rings (SSSR count). The molecule has 0 aromatic heterocycles. The monoisotopic (exact) mass is 275 g/mol. The Hall–Kier alpha value is 0.0800. The van der Waals surface area contributed by atoms with Gasteiger partial charge in [0.2, 0.25) is 0 Å². The van der Waals surface area contributed by atoms with E-state index >= 15 is 0 Å². The van der Waals surface area contributed by atoms with E-state index in [0.29, 0.717) is 26.2 Å². The second-order valence-electron chi connectivity index (χ2n) is 3.07. The lowest BCUT2D eigenvalue weighted by Gasteiger charge is -2.17. The third kappa shape index (κ3) is 8.26. The summed E-state index contributed by atoms with van der Waals surface area (Å²) < 4.78 is 31.6. The van der Waals surface area contributed by atoms with Crippen LogP contribution < -0.4 is 10.0 Å². The number of nitrogens with zero attached hydrogens (tertiary/aromatic N) is 1. The van der Waals surface area contributed by atoms with E-state index in [2.05, 4.69) is 10.0 Å². The first-order valence-corrected chi connectivity index (χ1v) is 6.39. The van der Waals surface area contributed by atoms with E-state index in [-0.39, 0.29) is 12.4 Å². The molecule has 8 heteroatoms. The maximum Gasteiger partial charge on any atom is 0.279 e. The van der Waals surface area contributed by atoms with Gasteiger partial charge >= 0.3 is 0 Å². The lowest BCUT2D eigenvalue weighted by molar-refractivity contribution is 0.184. The highest BCUT2D eigenvalue weighted by Crippen LogP contribution is 1.92. The summed E-state index contributed by atoms with van der Waals surface area (Å²) in [5, 5.41) is 3.03. The van der Waals surface area contributed by atoms with Crippen LogP contribution in [0.15, 0.2) is 0 Å². The molecule has 0 saturated carbocycles. The summed E-state index contributed by atoms with van der Waals surface area (Å²) in [6.07, 6.45) is 0. The summed E-state index contributed by atoms with van der Waals surface area (Å²) in [5.74, 6) is 0. The molecule has 2 N–H and O–H groups in total. The molecule has 0 aromatic rings. The van der Waals surface area contributed by atoms with Gasteiger partial charge in [0.1, 0.15) is 0 Å². The van der Waals surface area contributed by atoms with E-state index in [1.54, 1.807) is 7.11 Å². The van der Waals surface area contributed by atoms with Crippen molar-refractivity contribution in [3.63, 3.8) is 0 Å². The van der Waals surface area contributed by atoms with Crippen LogP contribution in [0.25, 0.3) is 0 Å². The molecule has 16 heavy (non-hydrogen) atoms. The highest BCUT2D eigenvalue weighted by atomic mass is 35.5. The Balaban J connectivity index is 0. The van der Waals surface area contributed by atoms with Crippen molar-refractivity contribution in [2.45, 2.75) is 6.92 Å². The number of nitrogens with one attached hydrogen (secondary N) is 2. The molecule has 0 aromatic carbocycles. The van der Waals surface area contributed by atoms with Crippen molar-refractivity contribution in [1.29, 1.82) is 0 Å². The SMILES string of the molecule is CCNCCNS(=O)(=O)N(C)CCOC.Cl. The quantitative estimate of drug-likeness (QED) is 0.553. The number of ether oxygens (including phenoxy) is 1. The fraction of sp³-hybridized carbons (Fsp3) is 1.00. The zero-order valence-corrected chi connectivity index (χ0v) is 11.7. The molecule has 0 aliphatic carbocycles. The molecule has 0 fully saturated rings. The summed E-state index contributed by atoms with van der Waals surface area (Å²) in [4.78, 5) is 0. The molecular formula is C8H22ClN3O3S. The van der Waals surface area contributed by atoms with Gasteiger partial charge in [0.25, 0.3) is 10.2 Å². The molecule has 100 valence electrons. The average Bonchev–Trinajstić information content (AvgIpc) is 2.21. The van der Waals surface area contributed by atoms with Gasteiger partial charge in [-0.3, -0.25) is 0 Å². The molecular weight excluding hydrogens is 254 g/mol. The van der Waals surface area contributed by atoms with Crippen molar-refractivity contribution in [2.75, 3.05) is 46.9 Å². The van der Waals surface area contributed by atoms with Gasteiger partial charge in [-0.1, -0.05) is 6.92 Å². The number of likely N-dealkylation sites (N-methyl/N-ethyl adjacent to an activating group) is 2. The molecule has 6 nitrogen and oxygen atoms in total. The number of methoxy groups -OCH3 is 1. The second kappa shape index (κ2) is 10.2. The molecule has 0 saturated heterocycles. The van der Waals surface area contributed by atoms with Gasteiger partial charge in [-0.25, -0.2) is 4.72 Å². The number of rotatable bonds is 9. The number of hydrogen-bond donors (Lipinski definition) is 2. The average molecular weight is 276 g/mol. The molecule has 0 unspecified atom stereocenters. The lowest BCUT2D eigenvalue weighted by atomic mass is 10.6. The maximum atomic E-state index is 11.5. The van der Waals surface area contributed by atoms with Gasteiger partial charge in [-0.05, 0) is 6.54 Å². The standard InChI is InChI=1S/C8H21N3O3S.ClH/c1-4-9-5-6-10-15(12,13)11(2)7-8-14-3;/h9-10H,4-8H2,1-3H3;1H. The van der Waals surface area contributed by atoms with Crippen LogP contribution in [-0.4, -0.2) is 59.7 Å². The Morgan fingerprint density at radius 3 is 2.44 bits per heavy atom. The van der Waals surface area contributed by atoms with Gasteiger partial charge in [0.05, 0.1) is 6.61 Å². The Kier molecular flexibility index (Phi) is 11.8. The minimum atomic E-state index is -3.35. The van der Waals surface area contributed by atoms with Crippen molar-refractivity contribution in [1.82, 2.24) is 14.3 Å². The predicted molar refractivity (Wildman–Crippen MR) is 67.2 cm³/mol. The first kappa shape index (κ1) is 18.4. The highest BCUT2D eigenvalue weighted by molar-refractivity contribution is 7.87. The van der Waals surface area contributed by atoms with Crippen LogP contribution in [0.2, 0.25) is 0 Å². The van der Waals surface area contributed by atoms with Crippen molar-refractivity contribution in [3.05, 3.63) is 0 Å². The van der Waals surface area contributed by atoms with Crippen LogP contribution >= 0.6 is 12.4 Å². The van der Waals surface area contributed by atoms with Crippen molar-refractivity contribution >= 4 is 22.6 Å². The normalized spacial score (nSPS) is 11.5. The molecule has 0 atom stereocenters. The van der Waals surface area contributed by atoms with Crippen LogP contribution in [0.3, 0.4) is 0 Å². The van der Waals surface area contributed by atoms with E-state index < -0.39 is 10.2 Å². The van der Waals surface area contributed by atoms with E-state index in [4.69, 9.17) is 4.74 Å². The lowest BCUT2D eigenvalue weighted by Crippen LogP contribution is -2.42. The van der Waals surface area contributed by atoms with Gasteiger partial charge < -0.3 is 10.1 Å². The minimum Gasteiger partial charge on any atom is -0.383 e. The van der Waals surface area contributed by atoms with Crippen LogP contribution in [0.1, 0.15) is 6.92 Å². The van der Waals surface area contributed by atoms with Gasteiger partial charge in [-0.2, -0.15) is 12.7 Å². The first-order chi connectivity index (χ1) is 7.04. The minimum absolute atomic E-state index is 0. The van der Waals surface area contributed by atoms with E-state index in [9.17, 15) is 8.42 Å². The van der Waals surface area contributed by atoms with Crippen LogP contribution in [0.5, 0.6) is 0 Å². The Bertz CT molecular complexity index is 249. The van der Waals surface area contributed by atoms with Crippen molar-refractivity contribution in [2.24, 2.45) is 0 Å². The van der Waals surface area contributed by atoms with Crippen LogP contribution in [-0.2, 0) is 14.9 Å². The summed E-state index contributed by atoms with van der Waals surface area (Å²) in [7, 11) is -0.287. The summed E-state index contributed by atoms with van der Waals surface area (Å²) >= 11 is 0. The zero-order chi connectivity index (χ0) is 11.7. The predicted octanol–water partition coefficient (Wildman–Crippen LogP) is -0.570. The topological polar surface area (TPSA) is 70.7 Å².